The number of thiophene rings is 1. The van der Waals surface area contributed by atoms with Gasteiger partial charge in [-0.1, -0.05) is 18.2 Å². The lowest BCUT2D eigenvalue weighted by Crippen LogP contribution is -1.96. The molecule has 1 N–H and O–H groups in total. The molecule has 0 aliphatic rings. The van der Waals surface area contributed by atoms with Gasteiger partial charge in [-0.15, -0.1) is 23.1 Å². The predicted octanol–water partition coefficient (Wildman–Crippen LogP) is 4.11. The van der Waals surface area contributed by atoms with Gasteiger partial charge in [0.25, 0.3) is 0 Å². The summed E-state index contributed by atoms with van der Waals surface area (Å²) >= 11 is 2.88. The van der Waals surface area contributed by atoms with Gasteiger partial charge in [-0.25, -0.2) is 4.79 Å². The van der Waals surface area contributed by atoms with E-state index in [1.165, 1.54) is 16.7 Å². The van der Waals surface area contributed by atoms with E-state index in [4.69, 9.17) is 5.11 Å². The third-order valence-electron chi connectivity index (χ3n) is 3.20. The Morgan fingerprint density at radius 1 is 1.43 bits per heavy atom. The van der Waals surface area contributed by atoms with Crippen LogP contribution in [-0.4, -0.2) is 20.9 Å². The van der Waals surface area contributed by atoms with Crippen LogP contribution in [0.15, 0.2) is 40.6 Å². The van der Waals surface area contributed by atoms with Gasteiger partial charge in [-0.05, 0) is 19.1 Å². The minimum absolute atomic E-state index is 0.376. The van der Waals surface area contributed by atoms with Crippen molar-refractivity contribution in [3.63, 3.8) is 0 Å². The lowest BCUT2D eigenvalue weighted by Gasteiger charge is -1.96. The average Bonchev–Trinajstić information content (AvgIpc) is 3.10. The van der Waals surface area contributed by atoms with Gasteiger partial charge < -0.3 is 5.11 Å². The molecule has 0 bridgehead atoms. The van der Waals surface area contributed by atoms with E-state index < -0.39 is 5.97 Å². The molecule has 108 valence electrons. The first-order valence-corrected chi connectivity index (χ1v) is 8.44. The van der Waals surface area contributed by atoms with Gasteiger partial charge >= 0.3 is 5.97 Å². The Balaban J connectivity index is 1.83. The van der Waals surface area contributed by atoms with Crippen LogP contribution in [0, 0.1) is 0 Å². The number of aromatic nitrogens is 2. The van der Waals surface area contributed by atoms with Crippen LogP contribution >= 0.6 is 23.1 Å². The maximum atomic E-state index is 10.9. The molecule has 2 heterocycles. The van der Waals surface area contributed by atoms with Gasteiger partial charge in [0, 0.05) is 28.0 Å². The maximum Gasteiger partial charge on any atom is 0.345 e. The maximum absolute atomic E-state index is 10.9. The molecule has 0 fully saturated rings. The first-order valence-electron chi connectivity index (χ1n) is 6.58. The summed E-state index contributed by atoms with van der Waals surface area (Å²) < 4.78 is 2.00. The molecular formula is C15H14N2O2S2. The number of benzene rings is 1. The quantitative estimate of drug-likeness (QED) is 0.719. The molecule has 0 saturated carbocycles. The van der Waals surface area contributed by atoms with E-state index in [0.717, 1.165) is 28.4 Å². The van der Waals surface area contributed by atoms with Gasteiger partial charge in [0.05, 0.1) is 11.2 Å². The molecule has 3 aromatic rings. The third kappa shape index (κ3) is 2.82. The Morgan fingerprint density at radius 2 is 2.24 bits per heavy atom. The van der Waals surface area contributed by atoms with Crippen LogP contribution in [0.25, 0.3) is 10.9 Å². The Kier molecular flexibility index (Phi) is 3.98. The normalized spacial score (nSPS) is 11.1. The van der Waals surface area contributed by atoms with E-state index in [2.05, 4.69) is 24.2 Å². The molecule has 0 radical (unpaired) electrons. The number of nitrogens with zero attached hydrogens (tertiary/aromatic N) is 2. The van der Waals surface area contributed by atoms with Crippen LogP contribution in [0.3, 0.4) is 0 Å². The molecule has 0 amide bonds. The zero-order valence-corrected chi connectivity index (χ0v) is 13.1. The fourth-order valence-corrected chi connectivity index (χ4v) is 4.02. The van der Waals surface area contributed by atoms with E-state index in [0.29, 0.717) is 4.88 Å². The fraction of sp³-hybridized carbons (Fsp3) is 0.200. The molecule has 0 spiro atoms. The van der Waals surface area contributed by atoms with Gasteiger partial charge in [-0.3, -0.25) is 4.68 Å². The van der Waals surface area contributed by atoms with E-state index in [-0.39, 0.29) is 0 Å². The van der Waals surface area contributed by atoms with Crippen LogP contribution in [0.5, 0.6) is 0 Å². The molecule has 0 aliphatic carbocycles. The lowest BCUT2D eigenvalue weighted by molar-refractivity contribution is 0.0702. The molecule has 2 aromatic heterocycles. The van der Waals surface area contributed by atoms with Crippen molar-refractivity contribution in [3.05, 3.63) is 46.3 Å². The number of rotatable bonds is 5. The summed E-state index contributed by atoms with van der Waals surface area (Å²) in [7, 11) is 0. The molecule has 0 aliphatic heterocycles. The molecule has 4 nitrogen and oxygen atoms in total. The van der Waals surface area contributed by atoms with Crippen molar-refractivity contribution >= 4 is 40.0 Å². The van der Waals surface area contributed by atoms with E-state index in [1.54, 1.807) is 17.8 Å². The summed E-state index contributed by atoms with van der Waals surface area (Å²) in [5.74, 6) is -0.129. The number of carboxylic acid groups (broad SMARTS) is 1. The van der Waals surface area contributed by atoms with Crippen LogP contribution in [0.1, 0.15) is 22.3 Å². The number of thioether (sulfide) groups is 1. The molecule has 0 saturated heterocycles. The van der Waals surface area contributed by atoms with Crippen LogP contribution < -0.4 is 0 Å². The van der Waals surface area contributed by atoms with Crippen LogP contribution in [0.4, 0.5) is 0 Å². The zero-order valence-electron chi connectivity index (χ0n) is 11.4. The van der Waals surface area contributed by atoms with Crippen LogP contribution in [-0.2, 0) is 12.3 Å². The minimum atomic E-state index is -0.868. The van der Waals surface area contributed by atoms with Crippen molar-refractivity contribution in [2.75, 3.05) is 0 Å². The first-order chi connectivity index (χ1) is 10.2. The summed E-state index contributed by atoms with van der Waals surface area (Å²) in [4.78, 5) is 12.2. The van der Waals surface area contributed by atoms with E-state index >= 15 is 0 Å². The van der Waals surface area contributed by atoms with Gasteiger partial charge in [0.1, 0.15) is 4.88 Å². The average molecular weight is 318 g/mol. The molecule has 0 unspecified atom stereocenters. The monoisotopic (exact) mass is 318 g/mol. The van der Waals surface area contributed by atoms with Gasteiger partial charge in [0.15, 0.2) is 0 Å². The number of para-hydroxylation sites is 1. The van der Waals surface area contributed by atoms with E-state index in [1.807, 2.05) is 22.2 Å². The Morgan fingerprint density at radius 3 is 2.95 bits per heavy atom. The Labute approximate surface area is 130 Å². The third-order valence-corrected chi connectivity index (χ3v) is 5.25. The highest BCUT2D eigenvalue weighted by atomic mass is 32.2. The number of carbonyl (C=O) groups is 1. The summed E-state index contributed by atoms with van der Waals surface area (Å²) in [5, 5.41) is 16.6. The predicted molar refractivity (Wildman–Crippen MR) is 86.2 cm³/mol. The summed E-state index contributed by atoms with van der Waals surface area (Å²) in [6.45, 7) is 2.92. The molecule has 0 atom stereocenters. The smallest absolute Gasteiger partial charge is 0.345 e. The van der Waals surface area contributed by atoms with Crippen molar-refractivity contribution in [1.82, 2.24) is 9.78 Å². The van der Waals surface area contributed by atoms with E-state index in [9.17, 15) is 4.79 Å². The van der Waals surface area contributed by atoms with Gasteiger partial charge in [0.2, 0.25) is 0 Å². The number of hydrogen-bond acceptors (Lipinski definition) is 4. The van der Waals surface area contributed by atoms with Gasteiger partial charge in [-0.2, -0.15) is 5.10 Å². The van der Waals surface area contributed by atoms with Crippen molar-refractivity contribution in [3.8, 4) is 0 Å². The number of aromatic carboxylic acids is 1. The topological polar surface area (TPSA) is 55.1 Å². The minimum Gasteiger partial charge on any atom is -0.477 e. The second-order valence-corrected chi connectivity index (χ2v) is 6.48. The highest BCUT2D eigenvalue weighted by molar-refractivity contribution is 7.98. The highest BCUT2D eigenvalue weighted by Crippen LogP contribution is 2.30. The molecule has 3 rings (SSSR count). The zero-order chi connectivity index (χ0) is 14.8. The standard InChI is InChI=1S/C15H14N2O2S2/c1-2-17-13-6-4-3-5-11(13)12(16-17)9-20-10-7-14(15(18)19)21-8-10/h3-8H,2,9H2,1H3,(H,18,19). The number of hydrogen-bond donors (Lipinski definition) is 1. The number of aryl methyl sites for hydroxylation is 1. The summed E-state index contributed by atoms with van der Waals surface area (Å²) in [6.07, 6.45) is 0. The Bertz CT molecular complexity index is 792. The van der Waals surface area contributed by atoms with Crippen LogP contribution in [0.2, 0.25) is 0 Å². The van der Waals surface area contributed by atoms with Crippen molar-refractivity contribution in [2.24, 2.45) is 0 Å². The van der Waals surface area contributed by atoms with Crippen molar-refractivity contribution in [2.45, 2.75) is 24.1 Å². The lowest BCUT2D eigenvalue weighted by atomic mass is 10.2. The second kappa shape index (κ2) is 5.91. The van der Waals surface area contributed by atoms with Crippen molar-refractivity contribution in [1.29, 1.82) is 0 Å². The molecule has 1 aromatic carbocycles. The SMILES string of the molecule is CCn1nc(CSc2csc(C(=O)O)c2)c2ccccc21. The number of fused-ring (bicyclic) bond motifs is 1. The number of carboxylic acids is 1. The molecular weight excluding hydrogens is 304 g/mol. The largest absolute Gasteiger partial charge is 0.477 e. The molecule has 6 heteroatoms. The second-order valence-electron chi connectivity index (χ2n) is 4.52. The summed E-state index contributed by atoms with van der Waals surface area (Å²) in [6, 6.07) is 9.92. The summed E-state index contributed by atoms with van der Waals surface area (Å²) in [5.41, 5.74) is 2.19. The van der Waals surface area contributed by atoms with Crippen molar-refractivity contribution < 1.29 is 9.90 Å². The molecule has 21 heavy (non-hydrogen) atoms. The Hall–Kier alpha value is -1.79. The first kappa shape index (κ1) is 14.2. The highest BCUT2D eigenvalue weighted by Gasteiger charge is 2.11. The fourth-order valence-electron chi connectivity index (χ4n) is 2.20.